The summed E-state index contributed by atoms with van der Waals surface area (Å²) in [5, 5.41) is 13.3. The zero-order chi connectivity index (χ0) is 17.6. The molecule has 0 radical (unpaired) electrons. The van der Waals surface area contributed by atoms with Crippen LogP contribution in [0.25, 0.3) is 0 Å². The van der Waals surface area contributed by atoms with E-state index < -0.39 is 0 Å². The molecular weight excluding hydrogens is 336 g/mol. The summed E-state index contributed by atoms with van der Waals surface area (Å²) in [5.41, 5.74) is 0.646. The summed E-state index contributed by atoms with van der Waals surface area (Å²) in [6, 6.07) is 6.60. The normalized spacial score (nSPS) is 21.5. The Bertz CT molecular complexity index is 616. The number of nitrogens with zero attached hydrogens (tertiary/aromatic N) is 1. The molecule has 2 amide bonds. The van der Waals surface area contributed by atoms with Crippen LogP contribution in [0, 0.1) is 5.92 Å². The van der Waals surface area contributed by atoms with E-state index in [4.69, 9.17) is 0 Å². The number of aromatic hydroxyl groups is 1. The van der Waals surface area contributed by atoms with Crippen LogP contribution >= 0.6 is 11.8 Å². The Kier molecular flexibility index (Phi) is 6.24. The number of carbonyl (C=O) groups excluding carboxylic acids is 2. The van der Waals surface area contributed by atoms with E-state index in [1.54, 1.807) is 29.2 Å². The topological polar surface area (TPSA) is 69.6 Å². The van der Waals surface area contributed by atoms with Gasteiger partial charge in [-0.05, 0) is 25.0 Å². The maximum atomic E-state index is 12.3. The molecule has 1 aromatic rings. The van der Waals surface area contributed by atoms with Crippen molar-refractivity contribution in [3.8, 4) is 5.75 Å². The standard InChI is InChI=1S/C19H26N2O3S/c22-16-6-4-5-15(12-16)21-13-14(11-18(21)23)19(24)20-9-10-25-17-7-2-1-3-8-17/h4-6,12,14,17,22H,1-3,7-11,13H2,(H,20,24). The number of phenolic OH excluding ortho intramolecular Hbond substituents is 1. The first-order chi connectivity index (χ1) is 12.1. The van der Waals surface area contributed by atoms with E-state index in [0.29, 0.717) is 18.8 Å². The van der Waals surface area contributed by atoms with Crippen LogP contribution in [-0.4, -0.2) is 41.0 Å². The van der Waals surface area contributed by atoms with Gasteiger partial charge in [0.05, 0.1) is 5.92 Å². The molecule has 1 unspecified atom stereocenters. The van der Waals surface area contributed by atoms with Crippen LogP contribution in [0.15, 0.2) is 24.3 Å². The summed E-state index contributed by atoms with van der Waals surface area (Å²) in [6.45, 7) is 1.04. The third-order valence-corrected chi connectivity index (χ3v) is 6.33. The van der Waals surface area contributed by atoms with Crippen molar-refractivity contribution in [2.24, 2.45) is 5.92 Å². The van der Waals surface area contributed by atoms with Crippen LogP contribution in [0.1, 0.15) is 38.5 Å². The van der Waals surface area contributed by atoms with Crippen LogP contribution < -0.4 is 10.2 Å². The van der Waals surface area contributed by atoms with Crippen molar-refractivity contribution in [2.75, 3.05) is 23.7 Å². The minimum Gasteiger partial charge on any atom is -0.508 e. The molecule has 2 aliphatic rings. The molecule has 1 saturated heterocycles. The molecule has 2 N–H and O–H groups in total. The summed E-state index contributed by atoms with van der Waals surface area (Å²) < 4.78 is 0. The zero-order valence-electron chi connectivity index (χ0n) is 14.4. The monoisotopic (exact) mass is 362 g/mol. The smallest absolute Gasteiger partial charge is 0.227 e. The number of carbonyl (C=O) groups is 2. The second-order valence-electron chi connectivity index (χ2n) is 6.85. The first kappa shape index (κ1) is 18.1. The first-order valence-corrected chi connectivity index (χ1v) is 10.2. The SMILES string of the molecule is O=C(NCCSC1CCCCC1)C1CC(=O)N(c2cccc(O)c2)C1. The van der Waals surface area contributed by atoms with Gasteiger partial charge < -0.3 is 15.3 Å². The highest BCUT2D eigenvalue weighted by molar-refractivity contribution is 7.99. The second kappa shape index (κ2) is 8.61. The van der Waals surface area contributed by atoms with Gasteiger partial charge >= 0.3 is 0 Å². The van der Waals surface area contributed by atoms with Crippen LogP contribution in [0.4, 0.5) is 5.69 Å². The predicted molar refractivity (Wildman–Crippen MR) is 101 cm³/mol. The lowest BCUT2D eigenvalue weighted by molar-refractivity contribution is -0.126. The number of rotatable bonds is 6. The molecule has 1 aromatic carbocycles. The molecule has 0 aromatic heterocycles. The number of phenols is 1. The third-order valence-electron chi connectivity index (χ3n) is 4.94. The van der Waals surface area contributed by atoms with Gasteiger partial charge in [0.15, 0.2) is 0 Å². The van der Waals surface area contributed by atoms with Crippen molar-refractivity contribution in [1.82, 2.24) is 5.32 Å². The molecule has 0 spiro atoms. The van der Waals surface area contributed by atoms with Gasteiger partial charge in [-0.15, -0.1) is 0 Å². The fourth-order valence-electron chi connectivity index (χ4n) is 3.57. The highest BCUT2D eigenvalue weighted by Gasteiger charge is 2.35. The molecule has 1 atom stereocenters. The Morgan fingerprint density at radius 3 is 2.84 bits per heavy atom. The van der Waals surface area contributed by atoms with Gasteiger partial charge in [0, 0.05) is 42.3 Å². The molecule has 25 heavy (non-hydrogen) atoms. The van der Waals surface area contributed by atoms with E-state index in [1.165, 1.54) is 32.1 Å². The first-order valence-electron chi connectivity index (χ1n) is 9.12. The number of thioether (sulfide) groups is 1. The van der Waals surface area contributed by atoms with Gasteiger partial charge in [0.2, 0.25) is 11.8 Å². The lowest BCUT2D eigenvalue weighted by Gasteiger charge is -2.21. The molecule has 2 fully saturated rings. The summed E-state index contributed by atoms with van der Waals surface area (Å²) in [7, 11) is 0. The average Bonchev–Trinajstić information content (AvgIpc) is 3.01. The van der Waals surface area contributed by atoms with E-state index in [9.17, 15) is 14.7 Å². The maximum Gasteiger partial charge on any atom is 0.227 e. The summed E-state index contributed by atoms with van der Waals surface area (Å²) in [4.78, 5) is 26.1. The summed E-state index contributed by atoms with van der Waals surface area (Å²) >= 11 is 1.96. The Morgan fingerprint density at radius 2 is 2.08 bits per heavy atom. The van der Waals surface area contributed by atoms with Crippen molar-refractivity contribution >= 4 is 29.3 Å². The van der Waals surface area contributed by atoms with Crippen LogP contribution in [-0.2, 0) is 9.59 Å². The molecule has 6 heteroatoms. The largest absolute Gasteiger partial charge is 0.508 e. The molecule has 136 valence electrons. The minimum absolute atomic E-state index is 0.0414. The average molecular weight is 362 g/mol. The van der Waals surface area contributed by atoms with E-state index in [1.807, 2.05) is 11.8 Å². The van der Waals surface area contributed by atoms with Gasteiger partial charge in [-0.25, -0.2) is 0 Å². The fraction of sp³-hybridized carbons (Fsp3) is 0.579. The van der Waals surface area contributed by atoms with Crippen molar-refractivity contribution in [2.45, 2.75) is 43.8 Å². The highest BCUT2D eigenvalue weighted by atomic mass is 32.2. The van der Waals surface area contributed by atoms with E-state index >= 15 is 0 Å². The molecule has 1 heterocycles. The van der Waals surface area contributed by atoms with E-state index in [-0.39, 0.29) is 29.9 Å². The van der Waals surface area contributed by atoms with E-state index in [2.05, 4.69) is 5.32 Å². The molecule has 0 bridgehead atoms. The van der Waals surface area contributed by atoms with Crippen LogP contribution in [0.3, 0.4) is 0 Å². The molecule has 3 rings (SSSR count). The van der Waals surface area contributed by atoms with Gasteiger partial charge in [0.25, 0.3) is 0 Å². The molecule has 1 aliphatic carbocycles. The van der Waals surface area contributed by atoms with Crippen LogP contribution in [0.5, 0.6) is 5.75 Å². The van der Waals surface area contributed by atoms with Crippen LogP contribution in [0.2, 0.25) is 0 Å². The molecule has 5 nitrogen and oxygen atoms in total. The second-order valence-corrected chi connectivity index (χ2v) is 8.26. The van der Waals surface area contributed by atoms with Gasteiger partial charge in [0.1, 0.15) is 5.75 Å². The zero-order valence-corrected chi connectivity index (χ0v) is 15.3. The number of benzene rings is 1. The Labute approximate surface area is 153 Å². The van der Waals surface area contributed by atoms with Crippen molar-refractivity contribution in [1.29, 1.82) is 0 Å². The predicted octanol–water partition coefficient (Wildman–Crippen LogP) is 2.93. The fourth-order valence-corrected chi connectivity index (χ4v) is 4.79. The summed E-state index contributed by atoms with van der Waals surface area (Å²) in [6.07, 6.45) is 6.86. The molecular formula is C19H26N2O3S. The number of anilines is 1. The van der Waals surface area contributed by atoms with Crippen molar-refractivity contribution in [3.63, 3.8) is 0 Å². The highest BCUT2D eigenvalue weighted by Crippen LogP contribution is 2.29. The molecule has 1 aliphatic heterocycles. The van der Waals surface area contributed by atoms with Crippen molar-refractivity contribution in [3.05, 3.63) is 24.3 Å². The number of hydrogen-bond acceptors (Lipinski definition) is 4. The summed E-state index contributed by atoms with van der Waals surface area (Å²) in [5.74, 6) is 0.642. The Balaban J connectivity index is 1.43. The minimum atomic E-state index is -0.311. The maximum absolute atomic E-state index is 12.3. The quantitative estimate of drug-likeness (QED) is 0.764. The van der Waals surface area contributed by atoms with Gasteiger partial charge in [-0.1, -0.05) is 25.3 Å². The van der Waals surface area contributed by atoms with E-state index in [0.717, 1.165) is 11.0 Å². The Morgan fingerprint density at radius 1 is 1.28 bits per heavy atom. The third kappa shape index (κ3) is 4.91. The lowest BCUT2D eigenvalue weighted by Crippen LogP contribution is -2.34. The number of nitrogens with one attached hydrogen (secondary N) is 1. The molecule has 1 saturated carbocycles. The number of amides is 2. The lowest BCUT2D eigenvalue weighted by atomic mass is 10.0. The van der Waals surface area contributed by atoms with Gasteiger partial charge in [-0.3, -0.25) is 9.59 Å². The van der Waals surface area contributed by atoms with Crippen molar-refractivity contribution < 1.29 is 14.7 Å². The number of hydrogen-bond donors (Lipinski definition) is 2. The Hall–Kier alpha value is -1.69. The van der Waals surface area contributed by atoms with Gasteiger partial charge in [-0.2, -0.15) is 11.8 Å².